The number of hydrogen-bond acceptors (Lipinski definition) is 3. The van der Waals surface area contributed by atoms with E-state index in [0.717, 1.165) is 22.2 Å². The summed E-state index contributed by atoms with van der Waals surface area (Å²) < 4.78 is 2.39. The molecule has 194 valence electrons. The molecule has 1 saturated heterocycles. The molecule has 2 fully saturated rings. The average Bonchev–Trinajstić information content (AvgIpc) is 3.57. The predicted molar refractivity (Wildman–Crippen MR) is 156 cm³/mol. The highest BCUT2D eigenvalue weighted by molar-refractivity contribution is 7.80. The van der Waals surface area contributed by atoms with Crippen molar-refractivity contribution in [3.63, 3.8) is 0 Å². The molecule has 2 aromatic carbocycles. The second kappa shape index (κ2) is 11.0. The summed E-state index contributed by atoms with van der Waals surface area (Å²) in [6.45, 7) is 0.519. The maximum absolute atomic E-state index is 13.1. The standard InChI is InChI=1S/C31H33N5OS/c37-28(33-26-15-8-10-22-9-4-5-13-25(22)26)17-20-36-30(29(34-31(36)38)27-14-6-7-18-32-27)23-16-19-35(21-23)24-11-2-1-3-12-24/h4-10,13-16,18-19,21,24,29-30H,1-3,11-12,17,20H2,(H,33,37)(H,34,38)/t29-,30+/m0/s1. The largest absolute Gasteiger partial charge is 0.352 e. The number of rotatable bonds is 7. The zero-order valence-corrected chi connectivity index (χ0v) is 22.2. The Labute approximate surface area is 229 Å². The van der Waals surface area contributed by atoms with Gasteiger partial charge in [-0.25, -0.2) is 0 Å². The summed E-state index contributed by atoms with van der Waals surface area (Å²) >= 11 is 5.82. The molecule has 1 amide bonds. The smallest absolute Gasteiger partial charge is 0.226 e. The minimum absolute atomic E-state index is 0.0241. The Kier molecular flexibility index (Phi) is 7.10. The van der Waals surface area contributed by atoms with Gasteiger partial charge in [0, 0.05) is 48.7 Å². The molecule has 4 aromatic rings. The van der Waals surface area contributed by atoms with Gasteiger partial charge in [-0.15, -0.1) is 0 Å². The van der Waals surface area contributed by atoms with Gasteiger partial charge in [0.25, 0.3) is 0 Å². The van der Waals surface area contributed by atoms with E-state index >= 15 is 0 Å². The van der Waals surface area contributed by atoms with Crippen molar-refractivity contribution in [2.45, 2.75) is 56.7 Å². The molecule has 2 aliphatic rings. The maximum Gasteiger partial charge on any atom is 0.226 e. The molecule has 0 spiro atoms. The van der Waals surface area contributed by atoms with Crippen LogP contribution in [0.15, 0.2) is 85.3 Å². The SMILES string of the molecule is O=C(CCN1C(=S)N[C@@H](c2ccccn2)[C@H]1c1ccn(C2CCCCC2)c1)Nc1cccc2ccccc12. The normalized spacial score (nSPS) is 20.0. The van der Waals surface area contributed by atoms with Crippen LogP contribution in [0.25, 0.3) is 10.8 Å². The molecule has 38 heavy (non-hydrogen) atoms. The topological polar surface area (TPSA) is 62.2 Å². The fraction of sp³-hybridized carbons (Fsp3) is 0.323. The van der Waals surface area contributed by atoms with Crippen molar-refractivity contribution >= 4 is 39.7 Å². The van der Waals surface area contributed by atoms with Gasteiger partial charge in [0.05, 0.1) is 17.8 Å². The summed E-state index contributed by atoms with van der Waals surface area (Å²) in [6.07, 6.45) is 13.0. The maximum atomic E-state index is 13.1. The fourth-order valence-electron chi connectivity index (χ4n) is 5.99. The molecule has 1 aliphatic heterocycles. The van der Waals surface area contributed by atoms with Crippen LogP contribution in [-0.2, 0) is 4.79 Å². The van der Waals surface area contributed by atoms with E-state index in [4.69, 9.17) is 12.2 Å². The minimum atomic E-state index is -0.0768. The van der Waals surface area contributed by atoms with Crippen molar-refractivity contribution in [1.82, 2.24) is 19.8 Å². The first-order chi connectivity index (χ1) is 18.7. The van der Waals surface area contributed by atoms with E-state index in [0.29, 0.717) is 24.1 Å². The highest BCUT2D eigenvalue weighted by atomic mass is 32.1. The van der Waals surface area contributed by atoms with Gasteiger partial charge in [-0.2, -0.15) is 0 Å². The number of fused-ring (bicyclic) bond motifs is 1. The summed E-state index contributed by atoms with van der Waals surface area (Å²) in [5.41, 5.74) is 2.99. The van der Waals surface area contributed by atoms with Crippen molar-refractivity contribution in [2.75, 3.05) is 11.9 Å². The van der Waals surface area contributed by atoms with Gasteiger partial charge in [0.2, 0.25) is 5.91 Å². The first-order valence-corrected chi connectivity index (χ1v) is 14.0. The molecule has 1 saturated carbocycles. The van der Waals surface area contributed by atoms with Crippen LogP contribution < -0.4 is 10.6 Å². The number of carbonyl (C=O) groups excluding carboxylic acids is 1. The molecular weight excluding hydrogens is 490 g/mol. The van der Waals surface area contributed by atoms with Crippen molar-refractivity contribution in [3.05, 3.63) is 96.6 Å². The van der Waals surface area contributed by atoms with E-state index in [2.05, 4.69) is 55.7 Å². The molecule has 7 heteroatoms. The summed E-state index contributed by atoms with van der Waals surface area (Å²) in [6, 6.07) is 22.7. The third kappa shape index (κ3) is 5.03. The van der Waals surface area contributed by atoms with Gasteiger partial charge in [-0.1, -0.05) is 61.7 Å². The zero-order chi connectivity index (χ0) is 25.9. The Bertz CT molecular complexity index is 1420. The van der Waals surface area contributed by atoms with Crippen LogP contribution in [-0.4, -0.2) is 32.0 Å². The molecule has 2 atom stereocenters. The lowest BCUT2D eigenvalue weighted by Crippen LogP contribution is -2.32. The highest BCUT2D eigenvalue weighted by Gasteiger charge is 2.40. The van der Waals surface area contributed by atoms with Crippen LogP contribution in [0.2, 0.25) is 0 Å². The molecule has 2 N–H and O–H groups in total. The molecule has 0 unspecified atom stereocenters. The molecule has 1 aliphatic carbocycles. The molecule has 6 rings (SSSR count). The number of anilines is 1. The molecule has 3 heterocycles. The van der Waals surface area contributed by atoms with Gasteiger partial charge in [0.1, 0.15) is 0 Å². The molecule has 0 radical (unpaired) electrons. The lowest BCUT2D eigenvalue weighted by Gasteiger charge is -2.27. The zero-order valence-electron chi connectivity index (χ0n) is 21.4. The lowest BCUT2D eigenvalue weighted by atomic mass is 9.95. The quantitative estimate of drug-likeness (QED) is 0.269. The first kappa shape index (κ1) is 24.6. The van der Waals surface area contributed by atoms with E-state index in [1.54, 1.807) is 0 Å². The Balaban J connectivity index is 1.22. The Morgan fingerprint density at radius 1 is 1.00 bits per heavy atom. The predicted octanol–water partition coefficient (Wildman–Crippen LogP) is 6.54. The second-order valence-corrected chi connectivity index (χ2v) is 10.7. The Morgan fingerprint density at radius 3 is 2.66 bits per heavy atom. The molecule has 0 bridgehead atoms. The highest BCUT2D eigenvalue weighted by Crippen LogP contribution is 2.40. The summed E-state index contributed by atoms with van der Waals surface area (Å²) in [5.74, 6) is -0.0241. The first-order valence-electron chi connectivity index (χ1n) is 13.6. The van der Waals surface area contributed by atoms with E-state index in [1.165, 1.54) is 37.7 Å². The molecular formula is C31H33N5OS. The van der Waals surface area contributed by atoms with E-state index in [-0.39, 0.29) is 18.0 Å². The van der Waals surface area contributed by atoms with Crippen LogP contribution in [0.1, 0.15) is 67.9 Å². The average molecular weight is 524 g/mol. The summed E-state index contributed by atoms with van der Waals surface area (Å²) in [7, 11) is 0. The number of carbonyl (C=O) groups is 1. The van der Waals surface area contributed by atoms with Crippen LogP contribution in [0.4, 0.5) is 5.69 Å². The fourth-order valence-corrected chi connectivity index (χ4v) is 6.32. The minimum Gasteiger partial charge on any atom is -0.352 e. The number of aromatic nitrogens is 2. The van der Waals surface area contributed by atoms with Crippen LogP contribution >= 0.6 is 12.2 Å². The van der Waals surface area contributed by atoms with E-state index < -0.39 is 0 Å². The number of hydrogen-bond donors (Lipinski definition) is 2. The molecule has 2 aromatic heterocycles. The van der Waals surface area contributed by atoms with Gasteiger partial charge in [-0.3, -0.25) is 9.78 Å². The number of amides is 1. The number of nitrogens with zero attached hydrogens (tertiary/aromatic N) is 3. The van der Waals surface area contributed by atoms with Gasteiger partial charge < -0.3 is 20.1 Å². The number of benzene rings is 2. The Morgan fingerprint density at radius 2 is 1.82 bits per heavy atom. The monoisotopic (exact) mass is 523 g/mol. The Hall–Kier alpha value is -3.71. The van der Waals surface area contributed by atoms with Gasteiger partial charge >= 0.3 is 0 Å². The van der Waals surface area contributed by atoms with Crippen molar-refractivity contribution in [2.24, 2.45) is 0 Å². The van der Waals surface area contributed by atoms with E-state index in [1.807, 2.05) is 54.7 Å². The number of thiocarbonyl (C=S) groups is 1. The second-order valence-electron chi connectivity index (χ2n) is 10.3. The van der Waals surface area contributed by atoms with Crippen molar-refractivity contribution in [3.8, 4) is 0 Å². The van der Waals surface area contributed by atoms with Crippen LogP contribution in [0.5, 0.6) is 0 Å². The number of pyridine rings is 1. The van der Waals surface area contributed by atoms with Crippen molar-refractivity contribution < 1.29 is 4.79 Å². The third-order valence-corrected chi connectivity index (χ3v) is 8.27. The van der Waals surface area contributed by atoms with Gasteiger partial charge in [-0.05, 0) is 60.3 Å². The third-order valence-electron chi connectivity index (χ3n) is 7.92. The van der Waals surface area contributed by atoms with Gasteiger partial charge in [0.15, 0.2) is 5.11 Å². The number of nitrogens with one attached hydrogen (secondary N) is 2. The van der Waals surface area contributed by atoms with Crippen molar-refractivity contribution in [1.29, 1.82) is 0 Å². The lowest BCUT2D eigenvalue weighted by molar-refractivity contribution is -0.116. The van der Waals surface area contributed by atoms with E-state index in [9.17, 15) is 4.79 Å². The van der Waals surface area contributed by atoms with Crippen LogP contribution in [0, 0.1) is 0 Å². The van der Waals surface area contributed by atoms with Crippen LogP contribution in [0.3, 0.4) is 0 Å². The molecule has 6 nitrogen and oxygen atoms in total. The summed E-state index contributed by atoms with van der Waals surface area (Å²) in [4.78, 5) is 19.9. The summed E-state index contributed by atoms with van der Waals surface area (Å²) in [5, 5.41) is 9.44.